The molecule has 0 aliphatic carbocycles. The molecule has 0 fully saturated rings. The number of benzene rings is 2. The Morgan fingerprint density at radius 1 is 1.32 bits per heavy atom. The van der Waals surface area contributed by atoms with E-state index in [1.807, 2.05) is 6.07 Å². The highest BCUT2D eigenvalue weighted by atomic mass is 79.9. The molecule has 0 bridgehead atoms. The molecule has 0 heterocycles. The van der Waals surface area contributed by atoms with E-state index in [2.05, 4.69) is 21.2 Å². The predicted molar refractivity (Wildman–Crippen MR) is 81.0 cm³/mol. The number of nitrogens with one attached hydrogen (secondary N) is 1. The molecule has 8 heteroatoms. The number of carbonyl (C=O) groups is 1. The van der Waals surface area contributed by atoms with Crippen LogP contribution in [0, 0.1) is 15.9 Å². The maximum Gasteiger partial charge on any atom is 0.412 e. The van der Waals surface area contributed by atoms with Crippen LogP contribution in [-0.4, -0.2) is 11.0 Å². The van der Waals surface area contributed by atoms with Gasteiger partial charge in [-0.25, -0.2) is 9.18 Å². The molecule has 22 heavy (non-hydrogen) atoms. The first-order valence-electron chi connectivity index (χ1n) is 6.08. The Balaban J connectivity index is 2.10. The lowest BCUT2D eigenvalue weighted by Gasteiger charge is -2.09. The highest BCUT2D eigenvalue weighted by Crippen LogP contribution is 2.33. The number of rotatable bonds is 4. The molecular weight excluding hydrogens is 359 g/mol. The fourth-order valence-corrected chi connectivity index (χ4v) is 2.21. The summed E-state index contributed by atoms with van der Waals surface area (Å²) in [7, 11) is 0. The highest BCUT2D eigenvalue weighted by Gasteiger charge is 2.21. The Morgan fingerprint density at radius 2 is 2.00 bits per heavy atom. The van der Waals surface area contributed by atoms with Gasteiger partial charge in [0.2, 0.25) is 0 Å². The van der Waals surface area contributed by atoms with Crippen LogP contribution < -0.4 is 5.32 Å². The molecule has 0 radical (unpaired) electrons. The van der Waals surface area contributed by atoms with Crippen molar-refractivity contribution in [3.63, 3.8) is 0 Å². The molecule has 6 nitrogen and oxygen atoms in total. The van der Waals surface area contributed by atoms with Crippen molar-refractivity contribution in [2.24, 2.45) is 0 Å². The molecule has 0 atom stereocenters. The van der Waals surface area contributed by atoms with Gasteiger partial charge in [0.15, 0.2) is 0 Å². The number of nitrogens with zero attached hydrogens (tertiary/aromatic N) is 1. The minimum absolute atomic E-state index is 0.0132. The Hall–Kier alpha value is -2.48. The minimum atomic E-state index is -0.876. The summed E-state index contributed by atoms with van der Waals surface area (Å²) in [5.41, 5.74) is 0.0401. The van der Waals surface area contributed by atoms with Gasteiger partial charge in [-0.1, -0.05) is 30.3 Å². The van der Waals surface area contributed by atoms with Crippen molar-refractivity contribution < 1.29 is 18.8 Å². The number of nitro groups is 1. The van der Waals surface area contributed by atoms with Gasteiger partial charge in [-0.3, -0.25) is 15.4 Å². The topological polar surface area (TPSA) is 81.5 Å². The van der Waals surface area contributed by atoms with Crippen LogP contribution in [0.2, 0.25) is 0 Å². The number of anilines is 1. The predicted octanol–water partition coefficient (Wildman–Crippen LogP) is 4.25. The lowest BCUT2D eigenvalue weighted by molar-refractivity contribution is -0.384. The van der Waals surface area contributed by atoms with Crippen LogP contribution in [0.1, 0.15) is 5.56 Å². The molecule has 1 N–H and O–H groups in total. The number of halogens is 2. The fraction of sp³-hybridized carbons (Fsp3) is 0.0714. The number of ether oxygens (including phenoxy) is 1. The Labute approximate surface area is 133 Å². The lowest BCUT2D eigenvalue weighted by Crippen LogP contribution is -2.15. The standard InChI is InChI=1S/C14H10BrFN2O4/c15-11-6-10(16)7-12(18(20)21)13(11)17-14(19)22-8-9-4-2-1-3-5-9/h1-7H,8H2,(H,17,19). The number of nitro benzene ring substituents is 1. The van der Waals surface area contributed by atoms with Crippen molar-refractivity contribution in [1.29, 1.82) is 0 Å². The molecule has 0 spiro atoms. The van der Waals surface area contributed by atoms with Crippen LogP contribution >= 0.6 is 15.9 Å². The smallest absolute Gasteiger partial charge is 0.412 e. The van der Waals surface area contributed by atoms with Gasteiger partial charge >= 0.3 is 6.09 Å². The van der Waals surface area contributed by atoms with Crippen molar-refractivity contribution >= 4 is 33.4 Å². The molecule has 2 aromatic rings. The maximum absolute atomic E-state index is 13.2. The molecule has 2 rings (SSSR count). The molecule has 0 saturated heterocycles. The molecule has 0 unspecified atom stereocenters. The van der Waals surface area contributed by atoms with Crippen molar-refractivity contribution in [2.45, 2.75) is 6.61 Å². The van der Waals surface area contributed by atoms with E-state index >= 15 is 0 Å². The third-order valence-electron chi connectivity index (χ3n) is 2.67. The first kappa shape index (κ1) is 15.9. The maximum atomic E-state index is 13.2. The quantitative estimate of drug-likeness (QED) is 0.646. The fourth-order valence-electron chi connectivity index (χ4n) is 1.69. The summed E-state index contributed by atoms with van der Waals surface area (Å²) < 4.78 is 18.2. The van der Waals surface area contributed by atoms with E-state index in [0.29, 0.717) is 0 Å². The summed E-state index contributed by atoms with van der Waals surface area (Å²) >= 11 is 2.98. The number of amides is 1. The van der Waals surface area contributed by atoms with Crippen LogP contribution in [0.15, 0.2) is 46.9 Å². The highest BCUT2D eigenvalue weighted by molar-refractivity contribution is 9.10. The zero-order valence-corrected chi connectivity index (χ0v) is 12.7. The average Bonchev–Trinajstić information content (AvgIpc) is 2.48. The summed E-state index contributed by atoms with van der Waals surface area (Å²) in [6.07, 6.45) is -0.876. The van der Waals surface area contributed by atoms with Crippen molar-refractivity contribution in [3.8, 4) is 0 Å². The second-order valence-corrected chi connectivity index (χ2v) is 5.08. The van der Waals surface area contributed by atoms with Crippen LogP contribution in [0.3, 0.4) is 0 Å². The molecule has 114 valence electrons. The second-order valence-electron chi connectivity index (χ2n) is 4.23. The van der Waals surface area contributed by atoms with Gasteiger partial charge in [-0.05, 0) is 27.6 Å². The van der Waals surface area contributed by atoms with E-state index in [1.165, 1.54) is 0 Å². The van der Waals surface area contributed by atoms with E-state index in [-0.39, 0.29) is 16.8 Å². The lowest BCUT2D eigenvalue weighted by atomic mass is 10.2. The average molecular weight is 369 g/mol. The van der Waals surface area contributed by atoms with Crippen LogP contribution in [-0.2, 0) is 11.3 Å². The Kier molecular flexibility index (Phi) is 5.05. The normalized spacial score (nSPS) is 10.1. The number of carbonyl (C=O) groups excluding carboxylic acids is 1. The summed E-state index contributed by atoms with van der Waals surface area (Å²) in [5, 5.41) is 13.2. The van der Waals surface area contributed by atoms with Gasteiger partial charge in [0.25, 0.3) is 5.69 Å². The second kappa shape index (κ2) is 6.99. The van der Waals surface area contributed by atoms with Crippen molar-refractivity contribution in [1.82, 2.24) is 0 Å². The van der Waals surface area contributed by atoms with E-state index < -0.39 is 22.5 Å². The van der Waals surface area contributed by atoms with E-state index in [9.17, 15) is 19.3 Å². The zero-order valence-electron chi connectivity index (χ0n) is 11.1. The molecule has 0 aliphatic heterocycles. The zero-order chi connectivity index (χ0) is 16.1. The van der Waals surface area contributed by atoms with Gasteiger partial charge < -0.3 is 4.74 Å². The Morgan fingerprint density at radius 3 is 2.64 bits per heavy atom. The van der Waals surface area contributed by atoms with E-state index in [0.717, 1.165) is 17.7 Å². The van der Waals surface area contributed by atoms with Crippen molar-refractivity contribution in [3.05, 3.63) is 68.4 Å². The summed E-state index contributed by atoms with van der Waals surface area (Å²) in [4.78, 5) is 21.8. The summed E-state index contributed by atoms with van der Waals surface area (Å²) in [6.45, 7) is 0.0132. The van der Waals surface area contributed by atoms with Crippen LogP contribution in [0.4, 0.5) is 20.6 Å². The summed E-state index contributed by atoms with van der Waals surface area (Å²) in [6, 6.07) is 10.7. The van der Waals surface area contributed by atoms with Gasteiger partial charge in [0.1, 0.15) is 18.1 Å². The molecular formula is C14H10BrFN2O4. The van der Waals surface area contributed by atoms with Crippen molar-refractivity contribution in [2.75, 3.05) is 5.32 Å². The molecule has 0 aliphatic rings. The molecule has 1 amide bonds. The monoisotopic (exact) mass is 368 g/mol. The van der Waals surface area contributed by atoms with Gasteiger partial charge in [-0.15, -0.1) is 0 Å². The first-order chi connectivity index (χ1) is 10.5. The SMILES string of the molecule is O=C(Nc1c(Br)cc(F)cc1[N+](=O)[O-])OCc1ccccc1. The number of hydrogen-bond acceptors (Lipinski definition) is 4. The van der Waals surface area contributed by atoms with Gasteiger partial charge in [0.05, 0.1) is 15.5 Å². The van der Waals surface area contributed by atoms with Crippen LogP contribution in [0.5, 0.6) is 0 Å². The first-order valence-corrected chi connectivity index (χ1v) is 6.88. The third kappa shape index (κ3) is 4.01. The van der Waals surface area contributed by atoms with E-state index in [1.54, 1.807) is 24.3 Å². The molecule has 0 aromatic heterocycles. The summed E-state index contributed by atoms with van der Waals surface area (Å²) in [5.74, 6) is -0.790. The van der Waals surface area contributed by atoms with Gasteiger partial charge in [-0.2, -0.15) is 0 Å². The third-order valence-corrected chi connectivity index (χ3v) is 3.30. The van der Waals surface area contributed by atoms with Crippen LogP contribution in [0.25, 0.3) is 0 Å². The van der Waals surface area contributed by atoms with Gasteiger partial charge in [0, 0.05) is 0 Å². The number of hydrogen-bond donors (Lipinski definition) is 1. The largest absolute Gasteiger partial charge is 0.444 e. The molecule has 0 saturated carbocycles. The minimum Gasteiger partial charge on any atom is -0.444 e. The Bertz CT molecular complexity index is 709. The van der Waals surface area contributed by atoms with E-state index in [4.69, 9.17) is 4.74 Å². The molecule has 2 aromatic carbocycles.